The van der Waals surface area contributed by atoms with Crippen LogP contribution >= 0.6 is 11.8 Å². The lowest BCUT2D eigenvalue weighted by Crippen LogP contribution is -2.03. The molecule has 5 aromatic rings. The highest BCUT2D eigenvalue weighted by Crippen LogP contribution is 2.29. The number of imidazole rings is 1. The van der Waals surface area contributed by atoms with Crippen molar-refractivity contribution in [2.24, 2.45) is 0 Å². The number of hydrogen-bond donors (Lipinski definition) is 0. The van der Waals surface area contributed by atoms with Crippen LogP contribution in [-0.2, 0) is 0 Å². The van der Waals surface area contributed by atoms with Crippen LogP contribution in [0, 0.1) is 6.92 Å². The Balaban J connectivity index is 1.82. The van der Waals surface area contributed by atoms with Gasteiger partial charge in [0.25, 0.3) is 0 Å². The summed E-state index contributed by atoms with van der Waals surface area (Å²) in [7, 11) is 0. The first-order valence-corrected chi connectivity index (χ1v) is 10.2. The van der Waals surface area contributed by atoms with Gasteiger partial charge < -0.3 is 0 Å². The molecule has 5 nitrogen and oxygen atoms in total. The molecule has 3 heterocycles. The highest BCUT2D eigenvalue weighted by molar-refractivity contribution is 7.98. The first-order chi connectivity index (χ1) is 13.7. The second kappa shape index (κ2) is 6.73. The van der Waals surface area contributed by atoms with E-state index in [1.807, 2.05) is 42.7 Å². The number of fused-ring (bicyclic) bond motifs is 2. The Morgan fingerprint density at radius 3 is 2.64 bits per heavy atom. The second-order valence-electron chi connectivity index (χ2n) is 6.55. The van der Waals surface area contributed by atoms with E-state index in [9.17, 15) is 0 Å². The van der Waals surface area contributed by atoms with E-state index in [0.717, 1.165) is 44.4 Å². The molecule has 0 bridgehead atoms. The first-order valence-electron chi connectivity index (χ1n) is 8.95. The van der Waals surface area contributed by atoms with E-state index in [2.05, 4.69) is 40.7 Å². The van der Waals surface area contributed by atoms with Crippen molar-refractivity contribution in [3.8, 4) is 17.3 Å². The van der Waals surface area contributed by atoms with Crippen molar-refractivity contribution in [1.29, 1.82) is 0 Å². The third kappa shape index (κ3) is 2.82. The Morgan fingerprint density at radius 2 is 1.75 bits per heavy atom. The van der Waals surface area contributed by atoms with Crippen LogP contribution in [0.25, 0.3) is 39.3 Å². The topological polar surface area (TPSA) is 56.5 Å². The number of pyridine rings is 1. The maximum Gasteiger partial charge on any atom is 0.189 e. The number of nitrogens with zero attached hydrogens (tertiary/aromatic N) is 5. The van der Waals surface area contributed by atoms with Gasteiger partial charge in [-0.25, -0.2) is 19.9 Å². The zero-order valence-electron chi connectivity index (χ0n) is 15.5. The smallest absolute Gasteiger partial charge is 0.189 e. The predicted octanol–water partition coefficient (Wildman–Crippen LogP) is 5.06. The zero-order chi connectivity index (χ0) is 19.1. The number of aryl methyl sites for hydroxylation is 1. The van der Waals surface area contributed by atoms with Crippen LogP contribution in [-0.4, -0.2) is 30.8 Å². The molecular weight excluding hydrogens is 366 g/mol. The normalized spacial score (nSPS) is 11.4. The van der Waals surface area contributed by atoms with Gasteiger partial charge in [-0.15, -0.1) is 0 Å². The quantitative estimate of drug-likeness (QED) is 0.322. The lowest BCUT2D eigenvalue weighted by molar-refractivity contribution is 0.904. The van der Waals surface area contributed by atoms with Gasteiger partial charge in [0, 0.05) is 11.6 Å². The van der Waals surface area contributed by atoms with Gasteiger partial charge in [0.05, 0.1) is 16.6 Å². The molecule has 0 spiro atoms. The molecule has 0 saturated carbocycles. The largest absolute Gasteiger partial charge is 0.275 e. The van der Waals surface area contributed by atoms with Crippen molar-refractivity contribution in [3.05, 3.63) is 72.4 Å². The minimum atomic E-state index is 0.726. The van der Waals surface area contributed by atoms with E-state index in [4.69, 9.17) is 15.0 Å². The van der Waals surface area contributed by atoms with Crippen LogP contribution < -0.4 is 0 Å². The molecule has 0 radical (unpaired) electrons. The monoisotopic (exact) mass is 383 g/mol. The molecule has 0 atom stereocenters. The van der Waals surface area contributed by atoms with Gasteiger partial charge in [-0.05, 0) is 49.1 Å². The summed E-state index contributed by atoms with van der Waals surface area (Å²) in [6.45, 7) is 2.08. The van der Waals surface area contributed by atoms with Crippen LogP contribution in [0.3, 0.4) is 0 Å². The van der Waals surface area contributed by atoms with Crippen molar-refractivity contribution in [3.63, 3.8) is 0 Å². The third-order valence-corrected chi connectivity index (χ3v) is 5.23. The van der Waals surface area contributed by atoms with E-state index in [1.54, 1.807) is 6.20 Å². The van der Waals surface area contributed by atoms with Gasteiger partial charge in [0.1, 0.15) is 11.5 Å². The van der Waals surface area contributed by atoms with E-state index in [0.29, 0.717) is 0 Å². The van der Waals surface area contributed by atoms with Crippen molar-refractivity contribution >= 4 is 33.7 Å². The fourth-order valence-corrected chi connectivity index (χ4v) is 3.69. The number of para-hydroxylation sites is 1. The van der Waals surface area contributed by atoms with Crippen LogP contribution in [0.15, 0.2) is 72.0 Å². The molecule has 0 N–H and O–H groups in total. The summed E-state index contributed by atoms with van der Waals surface area (Å²) in [5.74, 6) is 1.56. The van der Waals surface area contributed by atoms with Crippen LogP contribution in [0.5, 0.6) is 0 Å². The lowest BCUT2D eigenvalue weighted by atomic mass is 10.2. The van der Waals surface area contributed by atoms with Crippen molar-refractivity contribution in [1.82, 2.24) is 24.5 Å². The Labute approximate surface area is 166 Å². The molecule has 2 aromatic carbocycles. The van der Waals surface area contributed by atoms with Crippen LogP contribution in [0.4, 0.5) is 0 Å². The Morgan fingerprint density at radius 1 is 0.857 bits per heavy atom. The molecule has 0 aliphatic heterocycles. The minimum Gasteiger partial charge on any atom is -0.275 e. The van der Waals surface area contributed by atoms with E-state index < -0.39 is 0 Å². The van der Waals surface area contributed by atoms with Gasteiger partial charge in [-0.3, -0.25) is 4.57 Å². The highest BCUT2D eigenvalue weighted by Gasteiger charge is 2.17. The molecule has 136 valence electrons. The van der Waals surface area contributed by atoms with Gasteiger partial charge in [0.15, 0.2) is 11.0 Å². The van der Waals surface area contributed by atoms with Crippen LogP contribution in [0.1, 0.15) is 5.56 Å². The summed E-state index contributed by atoms with van der Waals surface area (Å²) in [5, 5.41) is 1.83. The average molecular weight is 383 g/mol. The van der Waals surface area contributed by atoms with Gasteiger partial charge in [0.2, 0.25) is 0 Å². The molecule has 3 aromatic heterocycles. The van der Waals surface area contributed by atoms with Gasteiger partial charge >= 0.3 is 0 Å². The predicted molar refractivity (Wildman–Crippen MR) is 114 cm³/mol. The summed E-state index contributed by atoms with van der Waals surface area (Å²) in [5.41, 5.74) is 4.86. The van der Waals surface area contributed by atoms with Crippen molar-refractivity contribution < 1.29 is 0 Å². The molecule has 0 fully saturated rings. The Kier molecular flexibility index (Phi) is 4.06. The third-order valence-electron chi connectivity index (χ3n) is 4.67. The molecular formula is C22H17N5S. The average Bonchev–Trinajstić information content (AvgIpc) is 3.12. The summed E-state index contributed by atoms with van der Waals surface area (Å²) in [6.07, 6.45) is 3.76. The number of hydrogen-bond acceptors (Lipinski definition) is 5. The zero-order valence-corrected chi connectivity index (χ0v) is 16.3. The Bertz CT molecular complexity index is 1330. The highest BCUT2D eigenvalue weighted by atomic mass is 32.2. The van der Waals surface area contributed by atoms with E-state index in [1.165, 1.54) is 17.3 Å². The van der Waals surface area contributed by atoms with E-state index in [-0.39, 0.29) is 0 Å². The van der Waals surface area contributed by atoms with Crippen molar-refractivity contribution in [2.45, 2.75) is 12.1 Å². The van der Waals surface area contributed by atoms with Crippen molar-refractivity contribution in [2.75, 3.05) is 6.26 Å². The molecule has 28 heavy (non-hydrogen) atoms. The number of thioether (sulfide) groups is 1. The Hall–Kier alpha value is -3.25. The van der Waals surface area contributed by atoms with Gasteiger partial charge in [-0.1, -0.05) is 42.1 Å². The standard InChI is InChI=1S/C22H17N5S/c1-14-7-9-17-19(13-14)27(20-11-12-23-22(26-20)28-2)21(25-17)18-10-8-15-5-3-4-6-16(15)24-18/h3-13H,1-2H3. The molecule has 0 unspecified atom stereocenters. The van der Waals surface area contributed by atoms with E-state index >= 15 is 0 Å². The first kappa shape index (κ1) is 16.9. The fraction of sp³-hybridized carbons (Fsp3) is 0.0909. The molecule has 0 aliphatic carbocycles. The van der Waals surface area contributed by atoms with Gasteiger partial charge in [-0.2, -0.15) is 0 Å². The fourth-order valence-electron chi connectivity index (χ4n) is 3.33. The maximum atomic E-state index is 4.90. The maximum absolute atomic E-state index is 4.90. The second-order valence-corrected chi connectivity index (χ2v) is 7.33. The molecule has 0 saturated heterocycles. The summed E-state index contributed by atoms with van der Waals surface area (Å²) < 4.78 is 2.07. The molecule has 5 rings (SSSR count). The minimum absolute atomic E-state index is 0.726. The lowest BCUT2D eigenvalue weighted by Gasteiger charge is -2.09. The molecule has 0 amide bonds. The number of benzene rings is 2. The SMILES string of the molecule is CSc1nccc(-n2c(-c3ccc4ccccc4n3)nc3ccc(C)cc32)n1. The number of aromatic nitrogens is 5. The molecule has 0 aliphatic rings. The summed E-state index contributed by atoms with van der Waals surface area (Å²) >= 11 is 1.52. The summed E-state index contributed by atoms with van der Waals surface area (Å²) in [4.78, 5) is 18.8. The number of rotatable bonds is 3. The van der Waals surface area contributed by atoms with Crippen LogP contribution in [0.2, 0.25) is 0 Å². The summed E-state index contributed by atoms with van der Waals surface area (Å²) in [6, 6.07) is 20.4. The molecule has 6 heteroatoms.